The molecule has 0 saturated carbocycles. The highest BCUT2D eigenvalue weighted by molar-refractivity contribution is 6.31. The van der Waals surface area contributed by atoms with Crippen molar-refractivity contribution in [1.82, 2.24) is 14.8 Å². The molecule has 2 aliphatic rings. The van der Waals surface area contributed by atoms with Crippen LogP contribution < -0.4 is 5.32 Å². The molecule has 2 atom stereocenters. The van der Waals surface area contributed by atoms with Gasteiger partial charge >= 0.3 is 0 Å². The third-order valence-electron chi connectivity index (χ3n) is 6.68. The summed E-state index contributed by atoms with van der Waals surface area (Å²) in [5, 5.41) is 3.35. The van der Waals surface area contributed by atoms with Gasteiger partial charge in [0.2, 0.25) is 5.91 Å². The highest BCUT2D eigenvalue weighted by Crippen LogP contribution is 2.28. The zero-order valence-electron chi connectivity index (χ0n) is 19.7. The number of piperazine rings is 1. The number of anilines is 1. The van der Waals surface area contributed by atoms with Gasteiger partial charge in [0.05, 0.1) is 23.8 Å². The Bertz CT molecular complexity index is 1090. The summed E-state index contributed by atoms with van der Waals surface area (Å²) >= 11 is 6.37. The monoisotopic (exact) mass is 488 g/mol. The second-order valence-electron chi connectivity index (χ2n) is 9.16. The number of carbonyl (C=O) groups is 2. The molecule has 3 heterocycles. The van der Waals surface area contributed by atoms with Gasteiger partial charge in [-0.3, -0.25) is 19.5 Å². The van der Waals surface area contributed by atoms with Gasteiger partial charge in [-0.15, -0.1) is 0 Å². The standard InChI is InChI=1S/C25H30ClFN4O3/c1-15-12-30(5-6-31(15)25(33)18-4-7-34-14-18)13-20-8-21(26)10-23(16(20)2)29-24(32)19-9-22(27)17(3)28-11-19/h8-11,15,18H,4-7,12-14H2,1-3H3,(H,29,32)/t15-,18+/m0/s1. The Morgan fingerprint density at radius 2 is 2.06 bits per heavy atom. The van der Waals surface area contributed by atoms with Crippen LogP contribution in [0, 0.1) is 25.6 Å². The smallest absolute Gasteiger partial charge is 0.257 e. The van der Waals surface area contributed by atoms with Gasteiger partial charge in [0, 0.05) is 55.7 Å². The lowest BCUT2D eigenvalue weighted by molar-refractivity contribution is -0.140. The normalized spacial score (nSPS) is 21.0. The maximum absolute atomic E-state index is 13.8. The van der Waals surface area contributed by atoms with Crippen LogP contribution in [0.15, 0.2) is 24.4 Å². The molecule has 182 valence electrons. The minimum Gasteiger partial charge on any atom is -0.381 e. The maximum Gasteiger partial charge on any atom is 0.257 e. The predicted molar refractivity (Wildman–Crippen MR) is 128 cm³/mol. The highest BCUT2D eigenvalue weighted by Gasteiger charge is 2.33. The van der Waals surface area contributed by atoms with Crippen LogP contribution in [0.1, 0.15) is 40.5 Å². The molecule has 0 bridgehead atoms. The summed E-state index contributed by atoms with van der Waals surface area (Å²) in [5.74, 6) is -0.800. The first kappa shape index (κ1) is 24.6. The molecular formula is C25H30ClFN4O3. The fourth-order valence-corrected chi connectivity index (χ4v) is 4.80. The lowest BCUT2D eigenvalue weighted by Gasteiger charge is -2.41. The second kappa shape index (κ2) is 10.4. The Balaban J connectivity index is 1.43. The van der Waals surface area contributed by atoms with Crippen molar-refractivity contribution in [2.24, 2.45) is 5.92 Å². The SMILES string of the molecule is Cc1ncc(C(=O)Nc2cc(Cl)cc(CN3CCN(C(=O)[C@@H]4CCOC4)[C@@H](C)C3)c2C)cc1F. The number of aromatic nitrogens is 1. The van der Waals surface area contributed by atoms with E-state index in [2.05, 4.69) is 22.1 Å². The van der Waals surface area contributed by atoms with Crippen molar-refractivity contribution >= 4 is 29.1 Å². The van der Waals surface area contributed by atoms with E-state index < -0.39 is 11.7 Å². The van der Waals surface area contributed by atoms with Gasteiger partial charge in [-0.25, -0.2) is 4.39 Å². The topological polar surface area (TPSA) is 74.8 Å². The molecule has 0 unspecified atom stereocenters. The summed E-state index contributed by atoms with van der Waals surface area (Å²) in [6.07, 6.45) is 2.15. The molecule has 0 aliphatic carbocycles. The average Bonchev–Trinajstić information content (AvgIpc) is 3.33. The minimum atomic E-state index is -0.525. The van der Waals surface area contributed by atoms with Crippen LogP contribution in [-0.2, 0) is 16.1 Å². The number of ether oxygens (including phenoxy) is 1. The van der Waals surface area contributed by atoms with E-state index >= 15 is 0 Å². The van der Waals surface area contributed by atoms with Gasteiger partial charge in [-0.2, -0.15) is 0 Å². The number of halogens is 2. The lowest BCUT2D eigenvalue weighted by Crippen LogP contribution is -2.55. The number of hydrogen-bond donors (Lipinski definition) is 1. The number of aryl methyl sites for hydroxylation is 1. The Hall–Kier alpha value is -2.55. The lowest BCUT2D eigenvalue weighted by atomic mass is 10.0. The van der Waals surface area contributed by atoms with Crippen LogP contribution in [0.25, 0.3) is 0 Å². The molecule has 2 fully saturated rings. The first-order chi connectivity index (χ1) is 16.2. The van der Waals surface area contributed by atoms with E-state index in [9.17, 15) is 14.0 Å². The van der Waals surface area contributed by atoms with Gasteiger partial charge in [-0.05, 0) is 56.5 Å². The highest BCUT2D eigenvalue weighted by atomic mass is 35.5. The Morgan fingerprint density at radius 1 is 1.26 bits per heavy atom. The number of amides is 2. The van der Waals surface area contributed by atoms with Crippen LogP contribution in [0.2, 0.25) is 5.02 Å². The van der Waals surface area contributed by atoms with Crippen LogP contribution >= 0.6 is 11.6 Å². The van der Waals surface area contributed by atoms with E-state index in [1.165, 1.54) is 12.3 Å². The fraction of sp³-hybridized carbons (Fsp3) is 0.480. The molecule has 0 spiro atoms. The largest absolute Gasteiger partial charge is 0.381 e. The summed E-state index contributed by atoms with van der Waals surface area (Å²) in [4.78, 5) is 33.7. The Labute approximate surface area is 204 Å². The zero-order valence-corrected chi connectivity index (χ0v) is 20.5. The van der Waals surface area contributed by atoms with Crippen LogP contribution in [0.4, 0.5) is 10.1 Å². The van der Waals surface area contributed by atoms with E-state index in [4.69, 9.17) is 16.3 Å². The van der Waals surface area contributed by atoms with Crippen molar-refractivity contribution in [3.05, 3.63) is 57.6 Å². The predicted octanol–water partition coefficient (Wildman–Crippen LogP) is 3.81. The van der Waals surface area contributed by atoms with Crippen LogP contribution in [-0.4, -0.2) is 65.5 Å². The quantitative estimate of drug-likeness (QED) is 0.692. The van der Waals surface area contributed by atoms with Gasteiger partial charge in [0.1, 0.15) is 5.82 Å². The Morgan fingerprint density at radius 3 is 2.74 bits per heavy atom. The molecule has 34 heavy (non-hydrogen) atoms. The minimum absolute atomic E-state index is 0.0208. The molecule has 0 radical (unpaired) electrons. The third kappa shape index (κ3) is 5.40. The number of hydrogen-bond acceptors (Lipinski definition) is 5. The van der Waals surface area contributed by atoms with Crippen molar-refractivity contribution in [1.29, 1.82) is 0 Å². The van der Waals surface area contributed by atoms with Crippen molar-refractivity contribution in [3.63, 3.8) is 0 Å². The van der Waals surface area contributed by atoms with Crippen molar-refractivity contribution in [2.75, 3.05) is 38.2 Å². The molecular weight excluding hydrogens is 459 g/mol. The van der Waals surface area contributed by atoms with E-state index in [-0.39, 0.29) is 29.1 Å². The number of nitrogens with one attached hydrogen (secondary N) is 1. The molecule has 4 rings (SSSR count). The molecule has 2 amide bonds. The number of rotatable bonds is 5. The van der Waals surface area contributed by atoms with Crippen molar-refractivity contribution in [3.8, 4) is 0 Å². The molecule has 1 aromatic heterocycles. The number of pyridine rings is 1. The first-order valence-electron chi connectivity index (χ1n) is 11.6. The van der Waals surface area contributed by atoms with E-state index in [1.807, 2.05) is 17.9 Å². The molecule has 2 aliphatic heterocycles. The van der Waals surface area contributed by atoms with E-state index in [1.54, 1.807) is 13.0 Å². The van der Waals surface area contributed by atoms with Crippen molar-refractivity contribution in [2.45, 2.75) is 39.8 Å². The zero-order chi connectivity index (χ0) is 24.4. The Kier molecular flexibility index (Phi) is 7.50. The maximum atomic E-state index is 13.8. The van der Waals surface area contributed by atoms with Gasteiger partial charge < -0.3 is 15.0 Å². The van der Waals surface area contributed by atoms with Crippen molar-refractivity contribution < 1.29 is 18.7 Å². The average molecular weight is 489 g/mol. The molecule has 1 aromatic carbocycles. The summed E-state index contributed by atoms with van der Waals surface area (Å²) in [6.45, 7) is 9.56. The summed E-state index contributed by atoms with van der Waals surface area (Å²) in [7, 11) is 0. The second-order valence-corrected chi connectivity index (χ2v) is 9.60. The number of benzene rings is 1. The van der Waals surface area contributed by atoms with Gasteiger partial charge in [0.25, 0.3) is 5.91 Å². The molecule has 7 nitrogen and oxygen atoms in total. The molecule has 1 N–H and O–H groups in total. The summed E-state index contributed by atoms with van der Waals surface area (Å²) in [5.41, 5.74) is 2.85. The molecule has 9 heteroatoms. The first-order valence-corrected chi connectivity index (χ1v) is 11.9. The van der Waals surface area contributed by atoms with Gasteiger partial charge in [0.15, 0.2) is 0 Å². The van der Waals surface area contributed by atoms with Gasteiger partial charge in [-0.1, -0.05) is 11.6 Å². The van der Waals surface area contributed by atoms with Crippen LogP contribution in [0.3, 0.4) is 0 Å². The number of carbonyl (C=O) groups excluding carboxylic acids is 2. The molecule has 2 aromatic rings. The van der Waals surface area contributed by atoms with Crippen LogP contribution in [0.5, 0.6) is 0 Å². The summed E-state index contributed by atoms with van der Waals surface area (Å²) in [6, 6.07) is 4.87. The number of nitrogens with zero attached hydrogens (tertiary/aromatic N) is 3. The van der Waals surface area contributed by atoms with E-state index in [0.717, 1.165) is 30.6 Å². The third-order valence-corrected chi connectivity index (χ3v) is 6.90. The van der Waals surface area contributed by atoms with E-state index in [0.29, 0.717) is 37.0 Å². The molecule has 2 saturated heterocycles. The summed E-state index contributed by atoms with van der Waals surface area (Å²) < 4.78 is 19.2. The fourth-order valence-electron chi connectivity index (χ4n) is 4.56.